The van der Waals surface area contributed by atoms with Gasteiger partial charge in [0, 0.05) is 24.8 Å². The number of nitrogens with one attached hydrogen (secondary N) is 1. The summed E-state index contributed by atoms with van der Waals surface area (Å²) in [6.07, 6.45) is 1.18. The zero-order valence-corrected chi connectivity index (χ0v) is 16.0. The van der Waals surface area contributed by atoms with Crippen LogP contribution in [0.25, 0.3) is 0 Å². The molecule has 0 bridgehead atoms. The van der Waals surface area contributed by atoms with Crippen LogP contribution in [0.5, 0.6) is 0 Å². The Labute approximate surface area is 163 Å². The van der Waals surface area contributed by atoms with Crippen molar-refractivity contribution in [2.24, 2.45) is 5.92 Å². The van der Waals surface area contributed by atoms with Crippen LogP contribution in [-0.2, 0) is 9.53 Å². The molecule has 1 aliphatic rings. The lowest BCUT2D eigenvalue weighted by molar-refractivity contribution is -0.142. The molecular formula is C20H24N4O4. The number of aromatic nitrogens is 2. The van der Waals surface area contributed by atoms with Gasteiger partial charge in [0.2, 0.25) is 5.95 Å². The van der Waals surface area contributed by atoms with E-state index in [2.05, 4.69) is 20.2 Å². The van der Waals surface area contributed by atoms with Gasteiger partial charge in [-0.25, -0.2) is 9.78 Å². The Balaban J connectivity index is 1.80. The van der Waals surface area contributed by atoms with Crippen LogP contribution in [0.4, 0.5) is 17.5 Å². The van der Waals surface area contributed by atoms with Gasteiger partial charge in [-0.05, 0) is 38.8 Å². The Morgan fingerprint density at radius 2 is 1.96 bits per heavy atom. The summed E-state index contributed by atoms with van der Waals surface area (Å²) in [7, 11) is 0. The Kier molecular flexibility index (Phi) is 6.08. The molecule has 2 aromatic rings. The van der Waals surface area contributed by atoms with Crippen LogP contribution in [0, 0.1) is 12.8 Å². The van der Waals surface area contributed by atoms with Crippen LogP contribution in [-0.4, -0.2) is 46.7 Å². The summed E-state index contributed by atoms with van der Waals surface area (Å²) >= 11 is 0. The van der Waals surface area contributed by atoms with Gasteiger partial charge in [0.25, 0.3) is 0 Å². The summed E-state index contributed by atoms with van der Waals surface area (Å²) < 4.78 is 5.10. The largest absolute Gasteiger partial charge is 0.481 e. The molecule has 2 N–H and O–H groups in total. The first-order chi connectivity index (χ1) is 13.5. The molecule has 0 radical (unpaired) electrons. The van der Waals surface area contributed by atoms with Crippen molar-refractivity contribution in [3.8, 4) is 0 Å². The lowest BCUT2D eigenvalue weighted by Gasteiger charge is -2.31. The topological polar surface area (TPSA) is 105 Å². The predicted molar refractivity (Wildman–Crippen MR) is 105 cm³/mol. The van der Waals surface area contributed by atoms with Crippen molar-refractivity contribution in [1.29, 1.82) is 0 Å². The molecule has 8 heteroatoms. The molecule has 0 saturated carbocycles. The zero-order valence-electron chi connectivity index (χ0n) is 16.0. The van der Waals surface area contributed by atoms with E-state index in [1.807, 2.05) is 19.1 Å². The number of para-hydroxylation sites is 1. The van der Waals surface area contributed by atoms with Crippen molar-refractivity contribution in [3.63, 3.8) is 0 Å². The number of hydrogen-bond acceptors (Lipinski definition) is 7. The molecule has 1 fully saturated rings. The molecule has 1 aromatic carbocycles. The standard InChI is InChI=1S/C20H24N4O4/c1-3-28-19(27)15-6-4-5-7-16(15)22-20-21-13(2)12-17(23-20)24-10-8-14(9-11-24)18(25)26/h4-7,12,14H,3,8-11H2,1-2H3,(H,25,26)(H,21,22,23). The van der Waals surface area contributed by atoms with Crippen molar-refractivity contribution < 1.29 is 19.4 Å². The van der Waals surface area contributed by atoms with Crippen molar-refractivity contribution in [2.75, 3.05) is 29.9 Å². The Bertz CT molecular complexity index is 863. The second kappa shape index (κ2) is 8.69. The van der Waals surface area contributed by atoms with Crippen LogP contribution < -0.4 is 10.2 Å². The summed E-state index contributed by atoms with van der Waals surface area (Å²) in [5.74, 6) is -0.321. The Morgan fingerprint density at radius 1 is 1.25 bits per heavy atom. The first kappa shape index (κ1) is 19.6. The van der Waals surface area contributed by atoms with Gasteiger partial charge in [0.05, 0.1) is 23.8 Å². The lowest BCUT2D eigenvalue weighted by Crippen LogP contribution is -2.36. The quantitative estimate of drug-likeness (QED) is 0.733. The number of piperidine rings is 1. The molecule has 28 heavy (non-hydrogen) atoms. The number of benzene rings is 1. The second-order valence-electron chi connectivity index (χ2n) is 6.68. The lowest BCUT2D eigenvalue weighted by atomic mass is 9.97. The molecule has 1 saturated heterocycles. The second-order valence-corrected chi connectivity index (χ2v) is 6.68. The van der Waals surface area contributed by atoms with Gasteiger partial charge in [0.15, 0.2) is 0 Å². The molecule has 8 nitrogen and oxygen atoms in total. The van der Waals surface area contributed by atoms with Crippen LogP contribution in [0.1, 0.15) is 35.8 Å². The molecule has 0 atom stereocenters. The van der Waals surface area contributed by atoms with Gasteiger partial charge < -0.3 is 20.1 Å². The van der Waals surface area contributed by atoms with E-state index >= 15 is 0 Å². The third-order valence-electron chi connectivity index (χ3n) is 4.68. The molecule has 2 heterocycles. The first-order valence-corrected chi connectivity index (χ1v) is 9.34. The number of esters is 1. The van der Waals surface area contributed by atoms with E-state index in [4.69, 9.17) is 9.84 Å². The molecule has 0 amide bonds. The summed E-state index contributed by atoms with van der Waals surface area (Å²) in [6, 6.07) is 8.93. The molecule has 1 aliphatic heterocycles. The number of aryl methyl sites for hydroxylation is 1. The molecule has 148 valence electrons. The molecule has 0 unspecified atom stereocenters. The Hall–Kier alpha value is -3.16. The number of carbonyl (C=O) groups is 2. The van der Waals surface area contributed by atoms with Crippen LogP contribution in [0.3, 0.4) is 0 Å². The summed E-state index contributed by atoms with van der Waals surface area (Å²) in [5.41, 5.74) is 1.77. The minimum absolute atomic E-state index is 0.296. The van der Waals surface area contributed by atoms with Crippen molar-refractivity contribution in [3.05, 3.63) is 41.6 Å². The maximum Gasteiger partial charge on any atom is 0.340 e. The number of carboxylic acid groups (broad SMARTS) is 1. The fraction of sp³-hybridized carbons (Fsp3) is 0.400. The fourth-order valence-corrected chi connectivity index (χ4v) is 3.22. The number of nitrogens with zero attached hydrogens (tertiary/aromatic N) is 3. The highest BCUT2D eigenvalue weighted by molar-refractivity contribution is 5.96. The predicted octanol–water partition coefficient (Wildman–Crippen LogP) is 3.01. The number of aliphatic carboxylic acids is 1. The summed E-state index contributed by atoms with van der Waals surface area (Å²) in [6.45, 7) is 5.19. The van der Waals surface area contributed by atoms with E-state index in [-0.39, 0.29) is 5.92 Å². The van der Waals surface area contributed by atoms with Crippen LogP contribution >= 0.6 is 0 Å². The van der Waals surface area contributed by atoms with Gasteiger partial charge >= 0.3 is 11.9 Å². The highest BCUT2D eigenvalue weighted by Gasteiger charge is 2.25. The van der Waals surface area contributed by atoms with Gasteiger partial charge in [-0.1, -0.05) is 12.1 Å². The average Bonchev–Trinajstić information content (AvgIpc) is 2.68. The normalized spacial score (nSPS) is 14.6. The minimum Gasteiger partial charge on any atom is -0.481 e. The van der Waals surface area contributed by atoms with Gasteiger partial charge in [-0.2, -0.15) is 4.98 Å². The summed E-state index contributed by atoms with van der Waals surface area (Å²) in [4.78, 5) is 34.4. The fourth-order valence-electron chi connectivity index (χ4n) is 3.22. The van der Waals surface area contributed by atoms with Crippen LogP contribution in [0.15, 0.2) is 30.3 Å². The number of ether oxygens (including phenoxy) is 1. The first-order valence-electron chi connectivity index (χ1n) is 9.34. The maximum absolute atomic E-state index is 12.2. The molecule has 3 rings (SSSR count). The minimum atomic E-state index is -0.739. The number of carboxylic acids is 1. The maximum atomic E-state index is 12.2. The molecule has 0 spiro atoms. The third kappa shape index (κ3) is 4.57. The van der Waals surface area contributed by atoms with E-state index < -0.39 is 11.9 Å². The van der Waals surface area contributed by atoms with E-state index in [9.17, 15) is 9.59 Å². The monoisotopic (exact) mass is 384 g/mol. The van der Waals surface area contributed by atoms with E-state index in [0.29, 0.717) is 49.7 Å². The molecule has 1 aromatic heterocycles. The van der Waals surface area contributed by atoms with Crippen molar-refractivity contribution in [1.82, 2.24) is 9.97 Å². The Morgan fingerprint density at radius 3 is 2.64 bits per heavy atom. The van der Waals surface area contributed by atoms with Crippen molar-refractivity contribution in [2.45, 2.75) is 26.7 Å². The van der Waals surface area contributed by atoms with E-state index in [1.165, 1.54) is 0 Å². The SMILES string of the molecule is CCOC(=O)c1ccccc1Nc1nc(C)cc(N2CCC(C(=O)O)CC2)n1. The molecular weight excluding hydrogens is 360 g/mol. The van der Waals surface area contributed by atoms with E-state index in [1.54, 1.807) is 25.1 Å². The average molecular weight is 384 g/mol. The zero-order chi connectivity index (χ0) is 20.1. The van der Waals surface area contributed by atoms with Gasteiger partial charge in [0.1, 0.15) is 5.82 Å². The number of hydrogen-bond donors (Lipinski definition) is 2. The summed E-state index contributed by atoms with van der Waals surface area (Å²) in [5, 5.41) is 12.3. The van der Waals surface area contributed by atoms with Gasteiger partial charge in [-0.15, -0.1) is 0 Å². The highest BCUT2D eigenvalue weighted by atomic mass is 16.5. The highest BCUT2D eigenvalue weighted by Crippen LogP contribution is 2.25. The number of anilines is 3. The number of rotatable bonds is 6. The van der Waals surface area contributed by atoms with E-state index in [0.717, 1.165) is 11.5 Å². The van der Waals surface area contributed by atoms with Gasteiger partial charge in [-0.3, -0.25) is 4.79 Å². The van der Waals surface area contributed by atoms with Crippen molar-refractivity contribution >= 4 is 29.4 Å². The molecule has 0 aliphatic carbocycles. The van der Waals surface area contributed by atoms with Crippen LogP contribution in [0.2, 0.25) is 0 Å². The number of carbonyl (C=O) groups excluding carboxylic acids is 1. The smallest absolute Gasteiger partial charge is 0.340 e. The third-order valence-corrected chi connectivity index (χ3v) is 4.68.